The molecule has 3 amide bonds. The lowest BCUT2D eigenvalue weighted by Crippen LogP contribution is -2.52. The number of nitrogens with one attached hydrogen (secondary N) is 4. The highest BCUT2D eigenvalue weighted by molar-refractivity contribution is 6.76. The third kappa shape index (κ3) is 5.90. The van der Waals surface area contributed by atoms with Crippen LogP contribution in [0.25, 0.3) is 10.9 Å². The summed E-state index contributed by atoms with van der Waals surface area (Å²) in [5.74, 6) is -1.22. The zero-order chi connectivity index (χ0) is 23.5. The number of benzene rings is 1. The summed E-state index contributed by atoms with van der Waals surface area (Å²) in [6, 6.07) is 8.06. The van der Waals surface area contributed by atoms with Gasteiger partial charge < -0.3 is 20.9 Å². The van der Waals surface area contributed by atoms with Crippen LogP contribution in [-0.4, -0.2) is 49.4 Å². The molecule has 0 aliphatic carbocycles. The zero-order valence-electron chi connectivity index (χ0n) is 18.4. The standard InChI is InChI=1S/C22H28ClN5O3Si/c1-32(2,3)12-18(22(31)26-15(11-24)9-14-7-8-25-20(14)29)28-21(30)17-10-13-5-4-6-16(23)19(13)27-17/h4-6,10,14-15,18,27H,7-9,12H2,1-3H3,(H,25,29)(H,26,31)(H,28,30)/t14-,15-,18-/m0/s1. The molecule has 10 heteroatoms. The van der Waals surface area contributed by atoms with Crippen molar-refractivity contribution in [3.8, 4) is 6.07 Å². The van der Waals surface area contributed by atoms with Crippen LogP contribution in [0, 0.1) is 17.2 Å². The molecule has 1 aliphatic rings. The van der Waals surface area contributed by atoms with E-state index in [9.17, 15) is 19.6 Å². The quantitative estimate of drug-likeness (QED) is 0.439. The molecular weight excluding hydrogens is 446 g/mol. The monoisotopic (exact) mass is 473 g/mol. The fourth-order valence-electron chi connectivity index (χ4n) is 3.87. The molecule has 2 heterocycles. The van der Waals surface area contributed by atoms with E-state index in [0.717, 1.165) is 5.39 Å². The van der Waals surface area contributed by atoms with Crippen LogP contribution in [-0.2, 0) is 9.59 Å². The Morgan fingerprint density at radius 3 is 2.66 bits per heavy atom. The van der Waals surface area contributed by atoms with Gasteiger partial charge in [0.05, 0.1) is 16.6 Å². The number of nitriles is 1. The Kier molecular flexibility index (Phi) is 7.26. The SMILES string of the molecule is C[Si](C)(C)C[C@H](NC(=O)c1cc2cccc(Cl)c2[nH]1)C(=O)N[C@H](C#N)C[C@@H]1CCNC1=O. The molecule has 32 heavy (non-hydrogen) atoms. The van der Waals surface area contributed by atoms with E-state index >= 15 is 0 Å². The maximum absolute atomic E-state index is 13.1. The lowest BCUT2D eigenvalue weighted by atomic mass is 9.99. The molecule has 1 saturated heterocycles. The first-order chi connectivity index (χ1) is 15.1. The molecule has 0 bridgehead atoms. The Morgan fingerprint density at radius 2 is 2.06 bits per heavy atom. The molecule has 8 nitrogen and oxygen atoms in total. The summed E-state index contributed by atoms with van der Waals surface area (Å²) >= 11 is 6.19. The second-order valence-electron chi connectivity index (χ2n) is 9.38. The third-order valence-electron chi connectivity index (χ3n) is 5.44. The van der Waals surface area contributed by atoms with E-state index in [2.05, 4.69) is 46.6 Å². The second kappa shape index (κ2) is 9.75. The van der Waals surface area contributed by atoms with Gasteiger partial charge in [0, 0.05) is 25.9 Å². The Labute approximate surface area is 193 Å². The number of carbonyl (C=O) groups excluding carboxylic acids is 3. The Morgan fingerprint density at radius 1 is 1.31 bits per heavy atom. The van der Waals surface area contributed by atoms with Gasteiger partial charge in [0.25, 0.3) is 5.91 Å². The summed E-state index contributed by atoms with van der Waals surface area (Å²) < 4.78 is 0. The molecule has 1 aromatic heterocycles. The molecule has 0 spiro atoms. The minimum absolute atomic E-state index is 0.0936. The van der Waals surface area contributed by atoms with Crippen LogP contribution in [0.2, 0.25) is 30.7 Å². The minimum Gasteiger partial charge on any atom is -0.356 e. The third-order valence-corrected chi connectivity index (χ3v) is 7.39. The molecule has 1 aliphatic heterocycles. The average Bonchev–Trinajstić information content (AvgIpc) is 3.33. The summed E-state index contributed by atoms with van der Waals surface area (Å²) in [5, 5.41) is 19.1. The first kappa shape index (κ1) is 23.8. The summed E-state index contributed by atoms with van der Waals surface area (Å²) in [7, 11) is -1.75. The summed E-state index contributed by atoms with van der Waals surface area (Å²) in [6.07, 6.45) is 0.896. The molecule has 2 aromatic rings. The van der Waals surface area contributed by atoms with Crippen molar-refractivity contribution in [2.24, 2.45) is 5.92 Å². The number of nitrogens with zero attached hydrogens (tertiary/aromatic N) is 1. The lowest BCUT2D eigenvalue weighted by molar-refractivity contribution is -0.125. The van der Waals surface area contributed by atoms with Crippen molar-refractivity contribution in [3.63, 3.8) is 0 Å². The van der Waals surface area contributed by atoms with E-state index in [1.165, 1.54) is 0 Å². The number of halogens is 1. The number of H-pyrrole nitrogens is 1. The topological polar surface area (TPSA) is 127 Å². The van der Waals surface area contributed by atoms with Gasteiger partial charge in [0.1, 0.15) is 17.8 Å². The summed E-state index contributed by atoms with van der Waals surface area (Å²) in [5.41, 5.74) is 0.964. The number of para-hydroxylation sites is 1. The normalized spacial score (nSPS) is 18.0. The minimum atomic E-state index is -1.75. The molecule has 0 radical (unpaired) electrons. The maximum atomic E-state index is 13.1. The number of aromatic nitrogens is 1. The second-order valence-corrected chi connectivity index (χ2v) is 15.3. The predicted octanol–water partition coefficient (Wildman–Crippen LogP) is 2.79. The largest absolute Gasteiger partial charge is 0.356 e. The molecule has 170 valence electrons. The highest BCUT2D eigenvalue weighted by atomic mass is 35.5. The highest BCUT2D eigenvalue weighted by Crippen LogP contribution is 2.24. The number of rotatable bonds is 8. The predicted molar refractivity (Wildman–Crippen MR) is 126 cm³/mol. The average molecular weight is 474 g/mol. The number of hydrogen-bond donors (Lipinski definition) is 4. The van der Waals surface area contributed by atoms with Crippen molar-refractivity contribution in [1.29, 1.82) is 5.26 Å². The first-order valence-corrected chi connectivity index (χ1v) is 14.7. The van der Waals surface area contributed by atoms with Crippen molar-refractivity contribution in [3.05, 3.63) is 35.0 Å². The molecule has 4 N–H and O–H groups in total. The van der Waals surface area contributed by atoms with Crippen LogP contribution in [0.3, 0.4) is 0 Å². The molecule has 3 atom stereocenters. The van der Waals surface area contributed by atoms with Gasteiger partial charge in [0.2, 0.25) is 11.8 Å². The van der Waals surface area contributed by atoms with Gasteiger partial charge in [-0.1, -0.05) is 43.4 Å². The van der Waals surface area contributed by atoms with Gasteiger partial charge in [-0.15, -0.1) is 0 Å². The van der Waals surface area contributed by atoms with Crippen LogP contribution >= 0.6 is 11.6 Å². The smallest absolute Gasteiger partial charge is 0.268 e. The summed E-state index contributed by atoms with van der Waals surface area (Å²) in [6.45, 7) is 6.89. The first-order valence-electron chi connectivity index (χ1n) is 10.6. The lowest BCUT2D eigenvalue weighted by Gasteiger charge is -2.26. The number of carbonyl (C=O) groups is 3. The summed E-state index contributed by atoms with van der Waals surface area (Å²) in [4.78, 5) is 40.8. The van der Waals surface area contributed by atoms with E-state index in [4.69, 9.17) is 11.6 Å². The van der Waals surface area contributed by atoms with Crippen LogP contribution in [0.1, 0.15) is 23.3 Å². The Balaban J connectivity index is 1.73. The molecule has 3 rings (SSSR count). The van der Waals surface area contributed by atoms with Crippen molar-refractivity contribution in [1.82, 2.24) is 20.9 Å². The zero-order valence-corrected chi connectivity index (χ0v) is 20.2. The van der Waals surface area contributed by atoms with Crippen LogP contribution < -0.4 is 16.0 Å². The van der Waals surface area contributed by atoms with E-state index in [1.807, 2.05) is 6.07 Å². The number of amides is 3. The molecule has 1 fully saturated rings. The van der Waals surface area contributed by atoms with Crippen molar-refractivity contribution in [2.75, 3.05) is 6.54 Å². The Bertz CT molecular complexity index is 1070. The van der Waals surface area contributed by atoms with E-state index in [0.29, 0.717) is 35.2 Å². The number of hydrogen-bond acceptors (Lipinski definition) is 4. The van der Waals surface area contributed by atoms with E-state index in [-0.39, 0.29) is 18.2 Å². The van der Waals surface area contributed by atoms with E-state index < -0.39 is 32.0 Å². The van der Waals surface area contributed by atoms with Crippen molar-refractivity contribution >= 4 is 48.3 Å². The number of fused-ring (bicyclic) bond motifs is 1. The van der Waals surface area contributed by atoms with Crippen molar-refractivity contribution in [2.45, 2.75) is 50.6 Å². The van der Waals surface area contributed by atoms with Gasteiger partial charge in [0.15, 0.2) is 0 Å². The fourth-order valence-corrected chi connectivity index (χ4v) is 5.61. The van der Waals surface area contributed by atoms with Gasteiger partial charge in [-0.3, -0.25) is 14.4 Å². The van der Waals surface area contributed by atoms with Gasteiger partial charge in [-0.05, 0) is 31.0 Å². The van der Waals surface area contributed by atoms with Crippen molar-refractivity contribution < 1.29 is 14.4 Å². The molecular formula is C22H28ClN5O3Si. The molecule has 0 saturated carbocycles. The van der Waals surface area contributed by atoms with Gasteiger partial charge in [-0.2, -0.15) is 5.26 Å². The van der Waals surface area contributed by atoms with E-state index in [1.54, 1.807) is 18.2 Å². The molecule has 0 unspecified atom stereocenters. The molecule has 1 aromatic carbocycles. The van der Waals surface area contributed by atoms with Gasteiger partial charge in [-0.25, -0.2) is 0 Å². The van der Waals surface area contributed by atoms with Crippen LogP contribution in [0.4, 0.5) is 0 Å². The highest BCUT2D eigenvalue weighted by Gasteiger charge is 2.32. The maximum Gasteiger partial charge on any atom is 0.268 e. The fraction of sp³-hybridized carbons (Fsp3) is 0.455. The Hall–Kier alpha value is -2.83. The van der Waals surface area contributed by atoms with Crippen LogP contribution in [0.5, 0.6) is 0 Å². The van der Waals surface area contributed by atoms with Crippen LogP contribution in [0.15, 0.2) is 24.3 Å². The number of aromatic amines is 1. The van der Waals surface area contributed by atoms with Gasteiger partial charge >= 0.3 is 0 Å².